The van der Waals surface area contributed by atoms with Crippen LogP contribution in [0.2, 0.25) is 0 Å². The highest BCUT2D eigenvalue weighted by molar-refractivity contribution is 5.93. The van der Waals surface area contributed by atoms with Gasteiger partial charge in [-0.2, -0.15) is 13.2 Å². The number of aliphatic hydroxyl groups excluding tert-OH is 1. The third kappa shape index (κ3) is 5.17. The van der Waals surface area contributed by atoms with E-state index in [1.165, 1.54) is 42.5 Å². The van der Waals surface area contributed by atoms with Gasteiger partial charge in [0.2, 0.25) is 5.95 Å². The summed E-state index contributed by atoms with van der Waals surface area (Å²) >= 11 is 0. The Bertz CT molecular complexity index is 1400. The van der Waals surface area contributed by atoms with Gasteiger partial charge in [0.05, 0.1) is 29.7 Å². The molecule has 2 N–H and O–H groups in total. The van der Waals surface area contributed by atoms with Gasteiger partial charge in [-0.15, -0.1) is 0 Å². The van der Waals surface area contributed by atoms with Crippen LogP contribution in [0.4, 0.5) is 29.2 Å². The fraction of sp³-hybridized carbons (Fsp3) is 0.227. The van der Waals surface area contributed by atoms with Crippen LogP contribution in [0.1, 0.15) is 21.6 Å². The number of aliphatic hydroxyl groups is 1. The quantitative estimate of drug-likeness (QED) is 0.366. The molecule has 186 valence electrons. The van der Waals surface area contributed by atoms with Gasteiger partial charge in [0.15, 0.2) is 5.65 Å². The van der Waals surface area contributed by atoms with Gasteiger partial charge in [0.1, 0.15) is 23.6 Å². The smallest absolute Gasteiger partial charge is 0.395 e. The van der Waals surface area contributed by atoms with E-state index in [0.29, 0.717) is 18.1 Å². The minimum absolute atomic E-state index is 0.0304. The maximum atomic E-state index is 13.7. The first kappa shape index (κ1) is 24.8. The minimum atomic E-state index is -4.56. The molecule has 10 nitrogen and oxygen atoms in total. The fourth-order valence-corrected chi connectivity index (χ4v) is 3.18. The Morgan fingerprint density at radius 3 is 2.47 bits per heavy atom. The van der Waals surface area contributed by atoms with Crippen LogP contribution in [0.25, 0.3) is 22.6 Å². The first-order valence-electron chi connectivity index (χ1n) is 10.4. The van der Waals surface area contributed by atoms with Crippen LogP contribution in [-0.2, 0) is 12.9 Å². The number of pyridine rings is 2. The van der Waals surface area contributed by atoms with Crippen LogP contribution >= 0.6 is 0 Å². The lowest BCUT2D eigenvalue weighted by Crippen LogP contribution is -2.30. The lowest BCUT2D eigenvalue weighted by Gasteiger charge is -2.16. The molecule has 4 aromatic heterocycles. The zero-order valence-corrected chi connectivity index (χ0v) is 18.7. The van der Waals surface area contributed by atoms with Gasteiger partial charge in [-0.25, -0.2) is 34.3 Å². The van der Waals surface area contributed by atoms with Gasteiger partial charge in [-0.3, -0.25) is 4.79 Å². The number of rotatable bonds is 7. The molecule has 0 aliphatic heterocycles. The van der Waals surface area contributed by atoms with Gasteiger partial charge in [0.25, 0.3) is 5.91 Å². The summed E-state index contributed by atoms with van der Waals surface area (Å²) in [5.74, 6) is -0.563. The molecule has 0 bridgehead atoms. The number of carbonyl (C=O) groups is 1. The van der Waals surface area contributed by atoms with Gasteiger partial charge >= 0.3 is 6.18 Å². The lowest BCUT2D eigenvalue weighted by atomic mass is 10.1. The number of alkyl halides is 4. The number of anilines is 2. The number of nitrogens with zero attached hydrogens (tertiary/aromatic N) is 7. The van der Waals surface area contributed by atoms with Crippen molar-refractivity contribution in [2.75, 3.05) is 25.5 Å². The highest BCUT2D eigenvalue weighted by Crippen LogP contribution is 2.29. The summed E-state index contributed by atoms with van der Waals surface area (Å²) in [4.78, 5) is 38.3. The van der Waals surface area contributed by atoms with Crippen molar-refractivity contribution < 1.29 is 27.5 Å². The molecule has 4 rings (SSSR count). The average molecular weight is 502 g/mol. The van der Waals surface area contributed by atoms with E-state index in [2.05, 4.69) is 35.2 Å². The Kier molecular flexibility index (Phi) is 6.96. The van der Waals surface area contributed by atoms with Gasteiger partial charge in [0, 0.05) is 37.7 Å². The number of aromatic nitrogens is 6. The van der Waals surface area contributed by atoms with Crippen LogP contribution in [0.3, 0.4) is 0 Å². The maximum Gasteiger partial charge on any atom is 0.419 e. The molecule has 0 atom stereocenters. The van der Waals surface area contributed by atoms with Crippen LogP contribution < -0.4 is 5.32 Å². The normalized spacial score (nSPS) is 11.5. The summed E-state index contributed by atoms with van der Waals surface area (Å²) in [6.07, 6.45) is -0.555. The second-order valence-electron chi connectivity index (χ2n) is 7.49. The molecule has 0 saturated carbocycles. The van der Waals surface area contributed by atoms with E-state index in [0.717, 1.165) is 0 Å². The number of carbonyl (C=O) groups excluding carboxylic acids is 1. The summed E-state index contributed by atoms with van der Waals surface area (Å²) in [6.45, 7) is -1.00. The minimum Gasteiger partial charge on any atom is -0.395 e. The van der Waals surface area contributed by atoms with Gasteiger partial charge < -0.3 is 15.3 Å². The van der Waals surface area contributed by atoms with Crippen molar-refractivity contribution in [3.63, 3.8) is 0 Å². The second-order valence-corrected chi connectivity index (χ2v) is 7.49. The SMILES string of the molecule is CN(CCO)C(=O)c1ccc(CF)c(-c2cnc3c(Nc4ncc(C(F)(F)F)cn4)ccnc3n2)n1. The number of nitrogens with one attached hydrogen (secondary N) is 1. The molecule has 0 unspecified atom stereocenters. The molecule has 36 heavy (non-hydrogen) atoms. The monoisotopic (exact) mass is 502 g/mol. The summed E-state index contributed by atoms with van der Waals surface area (Å²) in [6, 6.07) is 4.31. The van der Waals surface area contributed by atoms with E-state index in [9.17, 15) is 22.4 Å². The molecule has 4 aromatic rings. The molecular weight excluding hydrogens is 484 g/mol. The van der Waals surface area contributed by atoms with Crippen molar-refractivity contribution in [3.05, 3.63) is 59.8 Å². The van der Waals surface area contributed by atoms with Crippen molar-refractivity contribution in [3.8, 4) is 11.4 Å². The first-order valence-corrected chi connectivity index (χ1v) is 10.4. The van der Waals surface area contributed by atoms with E-state index in [-0.39, 0.29) is 52.9 Å². The first-order chi connectivity index (χ1) is 17.2. The van der Waals surface area contributed by atoms with E-state index in [4.69, 9.17) is 5.11 Å². The molecule has 0 aliphatic rings. The average Bonchev–Trinajstić information content (AvgIpc) is 2.87. The van der Waals surface area contributed by atoms with Crippen molar-refractivity contribution in [1.29, 1.82) is 0 Å². The molecule has 0 fully saturated rings. The summed E-state index contributed by atoms with van der Waals surface area (Å²) in [5.41, 5.74) is 0.182. The third-order valence-electron chi connectivity index (χ3n) is 5.04. The number of hydrogen-bond acceptors (Lipinski definition) is 9. The van der Waals surface area contributed by atoms with Gasteiger partial charge in [-0.1, -0.05) is 6.07 Å². The summed E-state index contributed by atoms with van der Waals surface area (Å²) < 4.78 is 51.9. The molecule has 0 aromatic carbocycles. The number of likely N-dealkylation sites (N-methyl/N-ethyl adjacent to an activating group) is 1. The topological polar surface area (TPSA) is 130 Å². The zero-order valence-electron chi connectivity index (χ0n) is 18.7. The molecule has 14 heteroatoms. The summed E-state index contributed by atoms with van der Waals surface area (Å²) in [7, 11) is 1.50. The second kappa shape index (κ2) is 10.1. The molecule has 0 saturated heterocycles. The Hall–Kier alpha value is -4.33. The lowest BCUT2D eigenvalue weighted by molar-refractivity contribution is -0.138. The molecule has 0 spiro atoms. The highest BCUT2D eigenvalue weighted by Gasteiger charge is 2.31. The number of halogens is 4. The molecular formula is C22H18F4N8O2. The molecule has 0 radical (unpaired) electrons. The third-order valence-corrected chi connectivity index (χ3v) is 5.04. The van der Waals surface area contributed by atoms with Crippen molar-refractivity contribution >= 4 is 28.7 Å². The van der Waals surface area contributed by atoms with E-state index in [1.807, 2.05) is 0 Å². The van der Waals surface area contributed by atoms with E-state index in [1.54, 1.807) is 0 Å². The van der Waals surface area contributed by atoms with Crippen LogP contribution in [-0.4, -0.2) is 66.0 Å². The number of fused-ring (bicyclic) bond motifs is 1. The highest BCUT2D eigenvalue weighted by atomic mass is 19.4. The Labute approximate surface area is 201 Å². The Morgan fingerprint density at radius 1 is 1.06 bits per heavy atom. The van der Waals surface area contributed by atoms with E-state index >= 15 is 0 Å². The van der Waals surface area contributed by atoms with Gasteiger partial charge in [-0.05, 0) is 12.1 Å². The van der Waals surface area contributed by atoms with E-state index < -0.39 is 24.3 Å². The molecule has 0 aliphatic carbocycles. The largest absolute Gasteiger partial charge is 0.419 e. The van der Waals surface area contributed by atoms with Crippen molar-refractivity contribution in [2.24, 2.45) is 0 Å². The molecule has 1 amide bonds. The maximum absolute atomic E-state index is 13.7. The van der Waals surface area contributed by atoms with Crippen LogP contribution in [0.15, 0.2) is 43.0 Å². The molecule has 4 heterocycles. The predicted octanol–water partition coefficient (Wildman–Crippen LogP) is 3.17. The predicted molar refractivity (Wildman–Crippen MR) is 120 cm³/mol. The van der Waals surface area contributed by atoms with Crippen LogP contribution in [0, 0.1) is 0 Å². The number of amides is 1. The zero-order chi connectivity index (χ0) is 25.9. The van der Waals surface area contributed by atoms with Crippen LogP contribution in [0.5, 0.6) is 0 Å². The van der Waals surface area contributed by atoms with Crippen molar-refractivity contribution in [2.45, 2.75) is 12.9 Å². The number of hydrogen-bond donors (Lipinski definition) is 2. The fourth-order valence-electron chi connectivity index (χ4n) is 3.18. The van der Waals surface area contributed by atoms with Crippen molar-refractivity contribution in [1.82, 2.24) is 34.8 Å². The standard InChI is InChI=1S/C22H18F4N8O2/c1-34(6-7-35)20(36)15-3-2-12(8-23)17(31-15)16-11-28-18-14(4-5-27-19(18)32-16)33-21-29-9-13(10-30-21)22(24,25)26/h2-5,9-11,35H,6-8H2,1H3,(H,27,29,30,32,33). The Morgan fingerprint density at radius 2 is 1.81 bits per heavy atom. The Balaban J connectivity index is 1.68. The summed E-state index contributed by atoms with van der Waals surface area (Å²) in [5, 5.41) is 11.8.